The highest BCUT2D eigenvalue weighted by Gasteiger charge is 2.52. The lowest BCUT2D eigenvalue weighted by Crippen LogP contribution is -2.52. The molecule has 2 atom stereocenters. The van der Waals surface area contributed by atoms with Crippen LogP contribution in [0.1, 0.15) is 17.5 Å². The molecule has 0 aromatic heterocycles. The molecule has 0 N–H and O–H groups in total. The summed E-state index contributed by atoms with van der Waals surface area (Å²) < 4.78 is 86.9. The molecular weight excluding hydrogens is 474 g/mol. The van der Waals surface area contributed by atoms with E-state index in [0.717, 1.165) is 24.3 Å². The van der Waals surface area contributed by atoms with Crippen LogP contribution in [0.5, 0.6) is 0 Å². The monoisotopic (exact) mass is 497 g/mol. The van der Waals surface area contributed by atoms with Gasteiger partial charge in [-0.15, -0.1) is 0 Å². The van der Waals surface area contributed by atoms with E-state index in [0.29, 0.717) is 25.2 Å². The van der Waals surface area contributed by atoms with Gasteiger partial charge in [-0.2, -0.15) is 22.7 Å². The standard InChI is InChI=1S/C23H23F4N3O3S/c1-33-15-22-13-29(19-5-2-16(11-28)21(10-19)23(25,26)27)12-17(22)8-9-30(14-22)34(31,32)20-6-3-18(24)4-7-20/h2-7,10,17H,8-9,12-15H2,1H3/t17-,22-/m1/s1. The molecule has 2 fully saturated rings. The summed E-state index contributed by atoms with van der Waals surface area (Å²) in [7, 11) is -2.38. The molecule has 11 heteroatoms. The average Bonchev–Trinajstić information content (AvgIpc) is 3.17. The minimum atomic E-state index is -4.67. The van der Waals surface area contributed by atoms with Crippen LogP contribution in [0.2, 0.25) is 0 Å². The van der Waals surface area contributed by atoms with Gasteiger partial charge in [0, 0.05) is 44.4 Å². The number of alkyl halides is 3. The molecule has 182 valence electrons. The third-order valence-electron chi connectivity index (χ3n) is 6.71. The van der Waals surface area contributed by atoms with Gasteiger partial charge in [0.1, 0.15) is 5.82 Å². The smallest absolute Gasteiger partial charge is 0.384 e. The van der Waals surface area contributed by atoms with Crippen molar-refractivity contribution in [3.8, 4) is 6.07 Å². The van der Waals surface area contributed by atoms with Crippen LogP contribution in [0.15, 0.2) is 47.4 Å². The number of fused-ring (bicyclic) bond motifs is 1. The second-order valence-corrected chi connectivity index (χ2v) is 10.7. The fraction of sp³-hybridized carbons (Fsp3) is 0.435. The Morgan fingerprint density at radius 3 is 2.50 bits per heavy atom. The van der Waals surface area contributed by atoms with Crippen LogP contribution in [-0.2, 0) is 20.9 Å². The molecule has 2 aliphatic rings. The Morgan fingerprint density at radius 1 is 1.18 bits per heavy atom. The molecule has 0 aliphatic carbocycles. The number of methoxy groups -OCH3 is 1. The van der Waals surface area contributed by atoms with Gasteiger partial charge in [0.25, 0.3) is 0 Å². The molecule has 2 saturated heterocycles. The maximum atomic E-state index is 13.5. The summed E-state index contributed by atoms with van der Waals surface area (Å²) in [5, 5.41) is 9.07. The Bertz CT molecular complexity index is 1210. The molecule has 2 aliphatic heterocycles. The number of anilines is 1. The molecule has 0 radical (unpaired) electrons. The zero-order valence-electron chi connectivity index (χ0n) is 18.3. The number of nitriles is 1. The maximum absolute atomic E-state index is 13.5. The highest BCUT2D eigenvalue weighted by molar-refractivity contribution is 7.89. The first kappa shape index (κ1) is 24.4. The summed E-state index contributed by atoms with van der Waals surface area (Å²) in [5.74, 6) is -0.544. The number of rotatable bonds is 5. The van der Waals surface area contributed by atoms with Crippen molar-refractivity contribution in [2.75, 3.05) is 44.8 Å². The van der Waals surface area contributed by atoms with Crippen molar-refractivity contribution in [2.45, 2.75) is 17.5 Å². The lowest BCUT2D eigenvalue weighted by atomic mass is 9.74. The van der Waals surface area contributed by atoms with Crippen molar-refractivity contribution >= 4 is 15.7 Å². The van der Waals surface area contributed by atoms with E-state index < -0.39 is 38.6 Å². The molecule has 2 aromatic carbocycles. The molecule has 2 aromatic rings. The molecule has 6 nitrogen and oxygen atoms in total. The molecule has 2 heterocycles. The van der Waals surface area contributed by atoms with Crippen LogP contribution in [0.25, 0.3) is 0 Å². The quantitative estimate of drug-likeness (QED) is 0.587. The summed E-state index contributed by atoms with van der Waals surface area (Å²) in [6, 6.07) is 9.82. The Labute approximate surface area is 195 Å². The summed E-state index contributed by atoms with van der Waals surface area (Å²) in [4.78, 5) is 1.78. The topological polar surface area (TPSA) is 73.6 Å². The fourth-order valence-corrected chi connectivity index (χ4v) is 6.61. The summed E-state index contributed by atoms with van der Waals surface area (Å²) in [6.45, 7) is 1.34. The predicted molar refractivity (Wildman–Crippen MR) is 116 cm³/mol. The lowest BCUT2D eigenvalue weighted by Gasteiger charge is -2.42. The molecule has 0 saturated carbocycles. The van der Waals surface area contributed by atoms with Gasteiger partial charge in [0.15, 0.2) is 0 Å². The SMILES string of the molecule is COC[C@]12CN(c3ccc(C#N)c(C(F)(F)F)c3)C[C@H]1CCN(S(=O)(=O)c1ccc(F)cc1)C2. The van der Waals surface area contributed by atoms with Crippen molar-refractivity contribution in [1.29, 1.82) is 5.26 Å². The summed E-state index contributed by atoms with van der Waals surface area (Å²) in [5.41, 5.74) is -1.75. The van der Waals surface area contributed by atoms with E-state index in [2.05, 4.69) is 0 Å². The van der Waals surface area contributed by atoms with E-state index in [1.54, 1.807) is 11.0 Å². The minimum Gasteiger partial charge on any atom is -0.384 e. The van der Waals surface area contributed by atoms with Gasteiger partial charge >= 0.3 is 6.18 Å². The Hall–Kier alpha value is -2.68. The highest BCUT2D eigenvalue weighted by atomic mass is 32.2. The number of nitrogens with zero attached hydrogens (tertiary/aromatic N) is 3. The Kier molecular flexibility index (Phi) is 6.35. The first-order valence-electron chi connectivity index (χ1n) is 10.6. The van der Waals surface area contributed by atoms with Crippen molar-refractivity contribution < 1.29 is 30.7 Å². The van der Waals surface area contributed by atoms with Crippen LogP contribution in [-0.4, -0.2) is 52.6 Å². The van der Waals surface area contributed by atoms with Gasteiger partial charge in [0.05, 0.1) is 28.7 Å². The van der Waals surface area contributed by atoms with Crippen molar-refractivity contribution in [2.24, 2.45) is 11.3 Å². The second kappa shape index (κ2) is 8.83. The number of ether oxygens (including phenoxy) is 1. The van der Waals surface area contributed by atoms with Gasteiger partial charge in [-0.3, -0.25) is 0 Å². The summed E-state index contributed by atoms with van der Waals surface area (Å²) >= 11 is 0. The number of piperidine rings is 1. The average molecular weight is 498 g/mol. The van der Waals surface area contributed by atoms with Crippen LogP contribution >= 0.6 is 0 Å². The molecule has 0 amide bonds. The van der Waals surface area contributed by atoms with Gasteiger partial charge in [0.2, 0.25) is 10.0 Å². The third-order valence-corrected chi connectivity index (χ3v) is 8.57. The fourth-order valence-electron chi connectivity index (χ4n) is 5.06. The van der Waals surface area contributed by atoms with E-state index in [1.807, 2.05) is 0 Å². The van der Waals surface area contributed by atoms with Crippen LogP contribution in [0, 0.1) is 28.5 Å². The summed E-state index contributed by atoms with van der Waals surface area (Å²) in [6.07, 6.45) is -4.17. The zero-order chi connectivity index (χ0) is 24.7. The highest BCUT2D eigenvalue weighted by Crippen LogP contribution is 2.46. The molecule has 0 spiro atoms. The number of hydrogen-bond acceptors (Lipinski definition) is 5. The Morgan fingerprint density at radius 2 is 1.88 bits per heavy atom. The predicted octanol–water partition coefficient (Wildman–Crippen LogP) is 3.88. The van der Waals surface area contributed by atoms with Gasteiger partial charge < -0.3 is 9.64 Å². The van der Waals surface area contributed by atoms with E-state index in [4.69, 9.17) is 10.00 Å². The number of halogens is 4. The number of benzene rings is 2. The number of sulfonamides is 1. The van der Waals surface area contributed by atoms with Crippen LogP contribution < -0.4 is 4.90 Å². The molecule has 0 unspecified atom stereocenters. The largest absolute Gasteiger partial charge is 0.417 e. The third kappa shape index (κ3) is 4.37. The maximum Gasteiger partial charge on any atom is 0.417 e. The van der Waals surface area contributed by atoms with Gasteiger partial charge in [-0.1, -0.05) is 0 Å². The normalized spacial score (nSPS) is 23.5. The van der Waals surface area contributed by atoms with Crippen molar-refractivity contribution in [1.82, 2.24) is 4.31 Å². The molecule has 4 rings (SSSR count). The van der Waals surface area contributed by atoms with E-state index in [-0.39, 0.29) is 30.5 Å². The number of hydrogen-bond donors (Lipinski definition) is 0. The zero-order valence-corrected chi connectivity index (χ0v) is 19.2. The van der Waals surface area contributed by atoms with E-state index in [9.17, 15) is 26.0 Å². The first-order valence-corrected chi connectivity index (χ1v) is 12.1. The first-order chi connectivity index (χ1) is 16.0. The lowest BCUT2D eigenvalue weighted by molar-refractivity contribution is -0.137. The van der Waals surface area contributed by atoms with Gasteiger partial charge in [-0.05, 0) is 54.8 Å². The van der Waals surface area contributed by atoms with Crippen molar-refractivity contribution in [3.63, 3.8) is 0 Å². The van der Waals surface area contributed by atoms with E-state index >= 15 is 0 Å². The Balaban J connectivity index is 1.64. The van der Waals surface area contributed by atoms with Crippen LogP contribution in [0.3, 0.4) is 0 Å². The molecule has 34 heavy (non-hydrogen) atoms. The second-order valence-electron chi connectivity index (χ2n) is 8.79. The van der Waals surface area contributed by atoms with Gasteiger partial charge in [-0.25, -0.2) is 12.8 Å². The minimum absolute atomic E-state index is 0.00269. The van der Waals surface area contributed by atoms with Crippen LogP contribution in [0.4, 0.5) is 23.2 Å². The molecule has 0 bridgehead atoms. The van der Waals surface area contributed by atoms with E-state index in [1.165, 1.54) is 29.6 Å². The van der Waals surface area contributed by atoms with Crippen molar-refractivity contribution in [3.05, 3.63) is 59.4 Å². The molecular formula is C23H23F4N3O3S.